The first-order chi connectivity index (χ1) is 12.9. The molecule has 2 N–H and O–H groups in total. The molecule has 2 heterocycles. The number of hydrogen-bond donors (Lipinski definition) is 2. The maximum atomic E-state index is 12.6. The van der Waals surface area contributed by atoms with Crippen molar-refractivity contribution >= 4 is 40.7 Å². The third kappa shape index (κ3) is 3.90. The predicted molar refractivity (Wildman–Crippen MR) is 94.3 cm³/mol. The Balaban J connectivity index is 2.00. The van der Waals surface area contributed by atoms with E-state index in [1.807, 2.05) is 10.6 Å². The number of benzene rings is 1. The fourth-order valence-electron chi connectivity index (χ4n) is 2.93. The average molecular weight is 387 g/mol. The number of nitrogens with zero attached hydrogens (tertiary/aromatic N) is 1. The highest BCUT2D eigenvalue weighted by Gasteiger charge is 2.42. The molecule has 1 aliphatic heterocycles. The minimum Gasteiger partial charge on any atom is -0.293 e. The van der Waals surface area contributed by atoms with Crippen LogP contribution in [0.3, 0.4) is 0 Å². The number of Topliss-reactive ketones (excluding diaryl/α,β-unsaturated/α-hetero) is 1. The number of ketones is 1. The van der Waals surface area contributed by atoms with E-state index in [-0.39, 0.29) is 17.9 Å². The molecule has 3 rings (SSSR count). The second-order valence-corrected chi connectivity index (χ2v) is 6.80. The summed E-state index contributed by atoms with van der Waals surface area (Å²) in [5.41, 5.74) is 0.0625. The highest BCUT2D eigenvalue weighted by atomic mass is 32.1. The minimum atomic E-state index is -1.37. The molecule has 0 unspecified atom stereocenters. The van der Waals surface area contributed by atoms with Crippen molar-refractivity contribution in [3.05, 3.63) is 62.3 Å². The highest BCUT2D eigenvalue weighted by molar-refractivity contribution is 7.12. The zero-order valence-electron chi connectivity index (χ0n) is 13.7. The van der Waals surface area contributed by atoms with Gasteiger partial charge in [-0.1, -0.05) is 18.2 Å². The fraction of sp³-hybridized carbons (Fsp3) is 0.176. The molecule has 0 aliphatic carbocycles. The summed E-state index contributed by atoms with van der Waals surface area (Å²) in [7, 11) is 0. The second-order valence-electron chi connectivity index (χ2n) is 5.85. The fourth-order valence-corrected chi connectivity index (χ4v) is 3.61. The number of nitro benzene ring substituents is 1. The maximum Gasteiger partial charge on any atom is 0.328 e. The lowest BCUT2D eigenvalue weighted by molar-refractivity contribution is -0.384. The van der Waals surface area contributed by atoms with E-state index in [2.05, 4.69) is 0 Å². The summed E-state index contributed by atoms with van der Waals surface area (Å²) in [5, 5.41) is 16.8. The number of amides is 4. The Morgan fingerprint density at radius 1 is 1.15 bits per heavy atom. The van der Waals surface area contributed by atoms with Crippen LogP contribution in [0.2, 0.25) is 0 Å². The molecule has 1 aromatic heterocycles. The van der Waals surface area contributed by atoms with Gasteiger partial charge in [0.05, 0.1) is 9.80 Å². The van der Waals surface area contributed by atoms with Gasteiger partial charge in [-0.05, 0) is 17.0 Å². The molecule has 0 spiro atoms. The smallest absolute Gasteiger partial charge is 0.293 e. The first-order valence-corrected chi connectivity index (χ1v) is 8.71. The third-order valence-corrected chi connectivity index (χ3v) is 5.06. The molecule has 1 saturated heterocycles. The molecule has 10 heteroatoms. The summed E-state index contributed by atoms with van der Waals surface area (Å²) in [6, 6.07) is 7.79. The van der Waals surface area contributed by atoms with Gasteiger partial charge in [-0.15, -0.1) is 11.3 Å². The first kappa shape index (κ1) is 18.4. The molecular weight excluding hydrogens is 374 g/mol. The van der Waals surface area contributed by atoms with Crippen LogP contribution in [-0.2, 0) is 9.59 Å². The first-order valence-electron chi connectivity index (χ1n) is 7.83. The summed E-state index contributed by atoms with van der Waals surface area (Å²) in [6.45, 7) is 0. The van der Waals surface area contributed by atoms with E-state index in [1.165, 1.54) is 35.6 Å². The quantitative estimate of drug-likeness (QED) is 0.337. The number of nitro groups is 1. The van der Waals surface area contributed by atoms with E-state index in [0.29, 0.717) is 10.4 Å². The number of barbiturate groups is 1. The van der Waals surface area contributed by atoms with Gasteiger partial charge in [-0.25, -0.2) is 4.79 Å². The molecule has 1 aromatic carbocycles. The molecule has 4 amide bonds. The van der Waals surface area contributed by atoms with Crippen LogP contribution in [0.15, 0.2) is 41.8 Å². The number of carbonyl (C=O) groups is 4. The van der Waals surface area contributed by atoms with Crippen LogP contribution in [0.4, 0.5) is 10.5 Å². The lowest BCUT2D eigenvalue weighted by atomic mass is 9.80. The largest absolute Gasteiger partial charge is 0.328 e. The predicted octanol–water partition coefficient (Wildman–Crippen LogP) is 2.00. The molecular formula is C17H13N3O6S. The van der Waals surface area contributed by atoms with Crippen LogP contribution < -0.4 is 10.6 Å². The number of hydrogen-bond acceptors (Lipinski definition) is 7. The molecule has 1 fully saturated rings. The van der Waals surface area contributed by atoms with Crippen molar-refractivity contribution in [2.24, 2.45) is 5.92 Å². The van der Waals surface area contributed by atoms with Gasteiger partial charge in [0.15, 0.2) is 5.78 Å². The summed E-state index contributed by atoms with van der Waals surface area (Å²) in [6.07, 6.45) is -0.221. The van der Waals surface area contributed by atoms with Crippen molar-refractivity contribution in [2.75, 3.05) is 0 Å². The SMILES string of the molecule is O=C1NC(=O)C([C@H](CC(=O)c2cccs2)c2cccc([N+](=O)[O-])c2)C(=O)N1. The van der Waals surface area contributed by atoms with Crippen LogP contribution in [0, 0.1) is 16.0 Å². The Kier molecular flexibility index (Phi) is 5.08. The van der Waals surface area contributed by atoms with Crippen molar-refractivity contribution in [2.45, 2.75) is 12.3 Å². The monoisotopic (exact) mass is 387 g/mol. The number of urea groups is 1. The van der Waals surface area contributed by atoms with Crippen molar-refractivity contribution in [1.29, 1.82) is 0 Å². The number of non-ortho nitro benzene ring substituents is 1. The minimum absolute atomic E-state index is 0.221. The Morgan fingerprint density at radius 2 is 1.85 bits per heavy atom. The van der Waals surface area contributed by atoms with Gasteiger partial charge in [0.1, 0.15) is 5.92 Å². The molecule has 1 aliphatic rings. The summed E-state index contributed by atoms with van der Waals surface area (Å²) >= 11 is 1.21. The topological polar surface area (TPSA) is 135 Å². The van der Waals surface area contributed by atoms with E-state index in [1.54, 1.807) is 17.5 Å². The maximum absolute atomic E-state index is 12.6. The van der Waals surface area contributed by atoms with E-state index < -0.39 is 34.6 Å². The van der Waals surface area contributed by atoms with Crippen LogP contribution in [0.1, 0.15) is 27.6 Å². The van der Waals surface area contributed by atoms with Crippen LogP contribution >= 0.6 is 11.3 Å². The van der Waals surface area contributed by atoms with Gasteiger partial charge in [0.2, 0.25) is 11.8 Å². The summed E-state index contributed by atoms with van der Waals surface area (Å²) in [5.74, 6) is -4.33. The average Bonchev–Trinajstić information content (AvgIpc) is 3.14. The van der Waals surface area contributed by atoms with Crippen LogP contribution in [0.5, 0.6) is 0 Å². The molecule has 0 saturated carbocycles. The van der Waals surface area contributed by atoms with E-state index >= 15 is 0 Å². The number of carbonyl (C=O) groups excluding carboxylic acids is 4. The molecule has 1 atom stereocenters. The Morgan fingerprint density at radius 3 is 2.44 bits per heavy atom. The van der Waals surface area contributed by atoms with Gasteiger partial charge in [-0.3, -0.25) is 35.1 Å². The van der Waals surface area contributed by atoms with E-state index in [9.17, 15) is 29.3 Å². The molecule has 9 nitrogen and oxygen atoms in total. The second kappa shape index (κ2) is 7.46. The standard InChI is InChI=1S/C17H13N3O6S/c21-12(13-5-2-6-27-13)8-11(9-3-1-4-10(7-9)20(25)26)14-15(22)18-17(24)19-16(14)23/h1-7,11,14H,8H2,(H2,18,19,22,23,24)/t11-/m1/s1. The Labute approximate surface area is 156 Å². The van der Waals surface area contributed by atoms with Crippen molar-refractivity contribution < 1.29 is 24.1 Å². The lowest BCUT2D eigenvalue weighted by Gasteiger charge is -2.28. The summed E-state index contributed by atoms with van der Waals surface area (Å²) in [4.78, 5) is 59.4. The molecule has 2 aromatic rings. The number of nitrogens with one attached hydrogen (secondary N) is 2. The number of thiophene rings is 1. The third-order valence-electron chi connectivity index (χ3n) is 4.15. The molecule has 27 heavy (non-hydrogen) atoms. The summed E-state index contributed by atoms with van der Waals surface area (Å²) < 4.78 is 0. The Hall–Kier alpha value is -3.40. The number of rotatable bonds is 6. The molecule has 138 valence electrons. The Bertz CT molecular complexity index is 920. The van der Waals surface area contributed by atoms with Crippen molar-refractivity contribution in [1.82, 2.24) is 10.6 Å². The van der Waals surface area contributed by atoms with Crippen molar-refractivity contribution in [3.8, 4) is 0 Å². The van der Waals surface area contributed by atoms with E-state index in [0.717, 1.165) is 0 Å². The van der Waals surface area contributed by atoms with Crippen LogP contribution in [0.25, 0.3) is 0 Å². The lowest BCUT2D eigenvalue weighted by Crippen LogP contribution is -2.57. The number of imide groups is 2. The van der Waals surface area contributed by atoms with Gasteiger partial charge < -0.3 is 0 Å². The zero-order chi connectivity index (χ0) is 19.6. The van der Waals surface area contributed by atoms with Gasteiger partial charge in [-0.2, -0.15) is 0 Å². The van der Waals surface area contributed by atoms with Crippen LogP contribution in [-0.4, -0.2) is 28.6 Å². The molecule has 0 bridgehead atoms. The highest BCUT2D eigenvalue weighted by Crippen LogP contribution is 2.33. The van der Waals surface area contributed by atoms with Gasteiger partial charge >= 0.3 is 6.03 Å². The van der Waals surface area contributed by atoms with Gasteiger partial charge in [0, 0.05) is 24.5 Å². The molecule has 0 radical (unpaired) electrons. The van der Waals surface area contributed by atoms with Crippen molar-refractivity contribution in [3.63, 3.8) is 0 Å². The van der Waals surface area contributed by atoms with E-state index in [4.69, 9.17) is 0 Å². The normalized spacial score (nSPS) is 15.8. The zero-order valence-corrected chi connectivity index (χ0v) is 14.5. The van der Waals surface area contributed by atoms with Gasteiger partial charge in [0.25, 0.3) is 5.69 Å².